The first kappa shape index (κ1) is 20.2. The van der Waals surface area contributed by atoms with Crippen LogP contribution in [0.1, 0.15) is 18.9 Å². The summed E-state index contributed by atoms with van der Waals surface area (Å²) in [6.07, 6.45) is 7.69. The zero-order valence-corrected chi connectivity index (χ0v) is 17.7. The van der Waals surface area contributed by atoms with E-state index in [1.807, 2.05) is 66.9 Å². The molecule has 8 heteroatoms. The summed E-state index contributed by atoms with van der Waals surface area (Å²) < 4.78 is 5.70. The molecule has 1 amide bonds. The lowest BCUT2D eigenvalue weighted by atomic mass is 10.1. The molecule has 30 heavy (non-hydrogen) atoms. The zero-order valence-electron chi connectivity index (χ0n) is 16.9. The molecule has 1 aromatic carbocycles. The number of nitrogens with one attached hydrogen (secondary N) is 1. The Morgan fingerprint density at radius 1 is 1.23 bits per heavy atom. The molecule has 0 saturated carbocycles. The Labute approximate surface area is 179 Å². The molecule has 1 aromatic heterocycles. The number of hydrogen-bond acceptors (Lipinski definition) is 7. The number of benzene rings is 1. The average molecular weight is 422 g/mol. The Kier molecular flexibility index (Phi) is 6.15. The summed E-state index contributed by atoms with van der Waals surface area (Å²) in [7, 11) is 0. The van der Waals surface area contributed by atoms with Crippen molar-refractivity contribution in [2.45, 2.75) is 32.5 Å². The van der Waals surface area contributed by atoms with E-state index in [1.165, 1.54) is 16.3 Å². The van der Waals surface area contributed by atoms with Crippen LogP contribution < -0.4 is 5.43 Å². The molecule has 7 nitrogen and oxygen atoms in total. The molecule has 154 valence electrons. The monoisotopic (exact) mass is 421 g/mol. The number of thiazole rings is 1. The fourth-order valence-electron chi connectivity index (χ4n) is 3.23. The third-order valence-electron chi connectivity index (χ3n) is 4.73. The molecule has 0 bridgehead atoms. The van der Waals surface area contributed by atoms with Gasteiger partial charge in [-0.25, -0.2) is 9.99 Å². The number of allylic oxidation sites excluding steroid dienone is 2. The first-order valence-corrected chi connectivity index (χ1v) is 10.7. The van der Waals surface area contributed by atoms with Gasteiger partial charge in [0, 0.05) is 17.6 Å². The van der Waals surface area contributed by atoms with Crippen LogP contribution in [0.15, 0.2) is 70.2 Å². The van der Waals surface area contributed by atoms with Crippen molar-refractivity contribution in [3.8, 4) is 11.3 Å². The Morgan fingerprint density at radius 3 is 2.83 bits per heavy atom. The van der Waals surface area contributed by atoms with Gasteiger partial charge >= 0.3 is 0 Å². The molecule has 0 spiro atoms. The van der Waals surface area contributed by atoms with E-state index in [4.69, 9.17) is 4.74 Å². The summed E-state index contributed by atoms with van der Waals surface area (Å²) in [6, 6.07) is 9.84. The van der Waals surface area contributed by atoms with Gasteiger partial charge in [-0.1, -0.05) is 54.6 Å². The van der Waals surface area contributed by atoms with Gasteiger partial charge in [-0.3, -0.25) is 10.2 Å². The lowest BCUT2D eigenvalue weighted by molar-refractivity contribution is -0.123. The maximum Gasteiger partial charge on any atom is 0.296 e. The lowest BCUT2D eigenvalue weighted by Gasteiger charge is -2.23. The molecule has 1 N–H and O–H groups in total. The van der Waals surface area contributed by atoms with E-state index in [0.29, 0.717) is 24.6 Å². The minimum absolute atomic E-state index is 0.124. The van der Waals surface area contributed by atoms with E-state index in [-0.39, 0.29) is 18.1 Å². The standard InChI is InChI=1S/C22H23N5O2S/c1-3-29-19-12-8-7-11-17(19)24-25-21-15(2)26-27(22(21)28)13-20-23-18(14-30-20)16-9-5-4-6-10-16/h4-12,14,17,19,24H,3,13H2,1-2H3/b25-21+. The van der Waals surface area contributed by atoms with E-state index in [9.17, 15) is 4.79 Å². The van der Waals surface area contributed by atoms with Crippen LogP contribution in [0.2, 0.25) is 0 Å². The highest BCUT2D eigenvalue weighted by molar-refractivity contribution is 7.10. The van der Waals surface area contributed by atoms with Gasteiger partial charge in [0.15, 0.2) is 5.71 Å². The lowest BCUT2D eigenvalue weighted by Crippen LogP contribution is -2.39. The fourth-order valence-corrected chi connectivity index (χ4v) is 4.02. The third-order valence-corrected chi connectivity index (χ3v) is 5.56. The van der Waals surface area contributed by atoms with Gasteiger partial charge in [0.05, 0.1) is 24.0 Å². The first-order valence-electron chi connectivity index (χ1n) is 9.82. The predicted molar refractivity (Wildman–Crippen MR) is 119 cm³/mol. The van der Waals surface area contributed by atoms with Gasteiger partial charge in [0.1, 0.15) is 11.1 Å². The molecule has 2 unspecified atom stereocenters. The summed E-state index contributed by atoms with van der Waals surface area (Å²) in [5.41, 5.74) is 5.90. The molecular formula is C22H23N5O2S. The number of hydrazone groups is 2. The van der Waals surface area contributed by atoms with Gasteiger partial charge in [-0.15, -0.1) is 11.3 Å². The van der Waals surface area contributed by atoms with Crippen molar-refractivity contribution in [2.24, 2.45) is 10.2 Å². The van der Waals surface area contributed by atoms with Crippen molar-refractivity contribution in [1.82, 2.24) is 15.4 Å². The number of ether oxygens (including phenoxy) is 1. The molecule has 2 heterocycles. The van der Waals surface area contributed by atoms with Gasteiger partial charge in [0.2, 0.25) is 0 Å². The summed E-state index contributed by atoms with van der Waals surface area (Å²) in [4.78, 5) is 17.5. The summed E-state index contributed by atoms with van der Waals surface area (Å²) in [6.45, 7) is 4.66. The van der Waals surface area contributed by atoms with Gasteiger partial charge in [-0.05, 0) is 13.8 Å². The fraction of sp³-hybridized carbons (Fsp3) is 0.273. The summed E-state index contributed by atoms with van der Waals surface area (Å²) >= 11 is 1.51. The van der Waals surface area contributed by atoms with E-state index >= 15 is 0 Å². The van der Waals surface area contributed by atoms with Crippen molar-refractivity contribution in [1.29, 1.82) is 0 Å². The van der Waals surface area contributed by atoms with Crippen molar-refractivity contribution < 1.29 is 9.53 Å². The maximum atomic E-state index is 12.8. The minimum Gasteiger partial charge on any atom is -0.372 e. The second-order valence-electron chi connectivity index (χ2n) is 6.85. The quantitative estimate of drug-likeness (QED) is 0.695. The van der Waals surface area contributed by atoms with Crippen molar-refractivity contribution in [3.05, 3.63) is 65.0 Å². The van der Waals surface area contributed by atoms with E-state index in [2.05, 4.69) is 20.6 Å². The smallest absolute Gasteiger partial charge is 0.296 e. The highest BCUT2D eigenvalue weighted by atomic mass is 32.1. The highest BCUT2D eigenvalue weighted by Gasteiger charge is 2.31. The number of nitrogens with zero attached hydrogens (tertiary/aromatic N) is 4. The van der Waals surface area contributed by atoms with Gasteiger partial charge in [0.25, 0.3) is 5.91 Å². The predicted octanol–water partition coefficient (Wildman–Crippen LogP) is 3.37. The average Bonchev–Trinajstić information content (AvgIpc) is 3.33. The van der Waals surface area contributed by atoms with Crippen LogP contribution in [0.25, 0.3) is 11.3 Å². The SMILES string of the molecule is CCOC1C=CC=CC1N/N=C1/C(=O)N(Cc2nc(-c3ccccc3)cs2)N=C1C. The van der Waals surface area contributed by atoms with Gasteiger partial charge in [-0.2, -0.15) is 10.2 Å². The third kappa shape index (κ3) is 4.39. The summed E-state index contributed by atoms with van der Waals surface area (Å²) in [5, 5.41) is 13.0. The van der Waals surface area contributed by atoms with Crippen molar-refractivity contribution >= 4 is 28.7 Å². The number of carbonyl (C=O) groups is 1. The van der Waals surface area contributed by atoms with Crippen LogP contribution in [-0.2, 0) is 16.1 Å². The number of aromatic nitrogens is 1. The zero-order chi connectivity index (χ0) is 20.9. The first-order chi connectivity index (χ1) is 14.7. The molecule has 0 fully saturated rings. The van der Waals surface area contributed by atoms with Crippen LogP contribution in [0, 0.1) is 0 Å². The Morgan fingerprint density at radius 2 is 2.03 bits per heavy atom. The van der Waals surface area contributed by atoms with Crippen molar-refractivity contribution in [2.75, 3.05) is 6.61 Å². The maximum absolute atomic E-state index is 12.8. The van der Waals surface area contributed by atoms with E-state index in [0.717, 1.165) is 16.3 Å². The Bertz CT molecular complexity index is 1030. The summed E-state index contributed by atoms with van der Waals surface area (Å²) in [5.74, 6) is -0.236. The molecule has 2 aromatic rings. The van der Waals surface area contributed by atoms with Crippen LogP contribution >= 0.6 is 11.3 Å². The molecule has 1 aliphatic carbocycles. The highest BCUT2D eigenvalue weighted by Crippen LogP contribution is 2.23. The molecule has 0 saturated heterocycles. The largest absolute Gasteiger partial charge is 0.372 e. The van der Waals surface area contributed by atoms with Crippen LogP contribution in [0.5, 0.6) is 0 Å². The normalized spacial score (nSPS) is 22.1. The number of hydrogen-bond donors (Lipinski definition) is 1. The molecular weight excluding hydrogens is 398 g/mol. The van der Waals surface area contributed by atoms with Crippen molar-refractivity contribution in [3.63, 3.8) is 0 Å². The second kappa shape index (κ2) is 9.15. The molecule has 1 aliphatic heterocycles. The molecule has 2 aliphatic rings. The molecule has 2 atom stereocenters. The van der Waals surface area contributed by atoms with Crippen LogP contribution in [0.4, 0.5) is 0 Å². The van der Waals surface area contributed by atoms with E-state index < -0.39 is 0 Å². The minimum atomic E-state index is -0.236. The number of carbonyl (C=O) groups excluding carboxylic acids is 1. The number of amides is 1. The van der Waals surface area contributed by atoms with Gasteiger partial charge < -0.3 is 4.74 Å². The Hall–Kier alpha value is -3.10. The molecule has 4 rings (SSSR count). The topological polar surface area (TPSA) is 79.2 Å². The van der Waals surface area contributed by atoms with Crippen LogP contribution in [0.3, 0.4) is 0 Å². The van der Waals surface area contributed by atoms with Crippen LogP contribution in [-0.4, -0.2) is 46.1 Å². The number of rotatable bonds is 7. The Balaban J connectivity index is 1.42. The molecule has 0 radical (unpaired) electrons. The second-order valence-corrected chi connectivity index (χ2v) is 7.79. The van der Waals surface area contributed by atoms with E-state index in [1.54, 1.807) is 6.92 Å².